The highest BCUT2D eigenvalue weighted by Crippen LogP contribution is 2.35. The Kier molecular flexibility index (Phi) is 7.86. The molecule has 0 heterocycles. The smallest absolute Gasteiger partial charge is 0.137 e. The summed E-state index contributed by atoms with van der Waals surface area (Å²) in [5.74, 6) is 0. The molecule has 2 heteroatoms. The van der Waals surface area contributed by atoms with E-state index in [9.17, 15) is 0 Å². The first-order valence-electron chi connectivity index (χ1n) is 8.32. The minimum absolute atomic E-state index is 0. The van der Waals surface area contributed by atoms with Gasteiger partial charge in [-0.05, 0) is 37.1 Å². The molecule has 0 aliphatic rings. The molecule has 0 radical (unpaired) electrons. The largest absolute Gasteiger partial charge is 0.870 e. The quantitative estimate of drug-likeness (QED) is 0.571. The van der Waals surface area contributed by atoms with Crippen LogP contribution in [0.4, 0.5) is 11.4 Å². The lowest BCUT2D eigenvalue weighted by atomic mass is 10.1. The van der Waals surface area contributed by atoms with Crippen molar-refractivity contribution >= 4 is 11.4 Å². The van der Waals surface area contributed by atoms with Crippen molar-refractivity contribution in [2.45, 2.75) is 39.5 Å². The van der Waals surface area contributed by atoms with Crippen LogP contribution in [0.15, 0.2) is 60.7 Å². The lowest BCUT2D eigenvalue weighted by molar-refractivity contribution is 0.364. The van der Waals surface area contributed by atoms with E-state index in [0.29, 0.717) is 0 Å². The molecule has 0 saturated heterocycles. The Morgan fingerprint density at radius 3 is 1.32 bits per heavy atom. The molecular weight excluding hydrogens is 270 g/mol. The van der Waals surface area contributed by atoms with E-state index in [2.05, 4.69) is 74.5 Å². The summed E-state index contributed by atoms with van der Waals surface area (Å²) < 4.78 is 0.989. The summed E-state index contributed by atoms with van der Waals surface area (Å²) in [4.78, 5) is 0. The van der Waals surface area contributed by atoms with E-state index < -0.39 is 0 Å². The van der Waals surface area contributed by atoms with Crippen LogP contribution >= 0.6 is 0 Å². The first-order chi connectivity index (χ1) is 10.3. The van der Waals surface area contributed by atoms with E-state index in [-0.39, 0.29) is 5.48 Å². The summed E-state index contributed by atoms with van der Waals surface area (Å²) in [6, 6.07) is 22.1. The fourth-order valence-corrected chi connectivity index (χ4v) is 3.06. The molecule has 0 bridgehead atoms. The van der Waals surface area contributed by atoms with Crippen molar-refractivity contribution in [1.29, 1.82) is 0 Å². The summed E-state index contributed by atoms with van der Waals surface area (Å²) in [5, 5.41) is 0. The highest BCUT2D eigenvalue weighted by atomic mass is 16.0. The van der Waals surface area contributed by atoms with Gasteiger partial charge in [-0.15, -0.1) is 0 Å². The van der Waals surface area contributed by atoms with Crippen LogP contribution in [0.2, 0.25) is 0 Å². The lowest BCUT2D eigenvalue weighted by Gasteiger charge is -2.38. The van der Waals surface area contributed by atoms with Gasteiger partial charge in [0.05, 0.1) is 13.1 Å². The maximum Gasteiger partial charge on any atom is 0.137 e. The fraction of sp³-hybridized carbons (Fsp3) is 0.400. The van der Waals surface area contributed by atoms with Gasteiger partial charge in [-0.25, -0.2) is 0 Å². The van der Waals surface area contributed by atoms with Crippen LogP contribution in [0.1, 0.15) is 39.5 Å². The predicted molar refractivity (Wildman–Crippen MR) is 95.8 cm³/mol. The van der Waals surface area contributed by atoms with Crippen LogP contribution in [-0.2, 0) is 0 Å². The van der Waals surface area contributed by atoms with Gasteiger partial charge in [-0.3, -0.25) is 4.48 Å². The van der Waals surface area contributed by atoms with E-state index in [0.717, 1.165) is 4.48 Å². The van der Waals surface area contributed by atoms with Gasteiger partial charge in [-0.2, -0.15) is 0 Å². The van der Waals surface area contributed by atoms with Crippen molar-refractivity contribution in [1.82, 2.24) is 4.48 Å². The zero-order chi connectivity index (χ0) is 15.0. The SMILES string of the molecule is CCCC[N+](CCCC)(c1ccccc1)c1ccccc1.[OH-]. The molecule has 2 aromatic carbocycles. The van der Waals surface area contributed by atoms with E-state index >= 15 is 0 Å². The summed E-state index contributed by atoms with van der Waals surface area (Å²) in [6.45, 7) is 6.93. The Balaban J connectivity index is 0.00000242. The number of benzene rings is 2. The molecule has 0 atom stereocenters. The van der Waals surface area contributed by atoms with Crippen molar-refractivity contribution in [3.8, 4) is 0 Å². The number of quaternary nitrogens is 1. The van der Waals surface area contributed by atoms with Crippen molar-refractivity contribution in [2.24, 2.45) is 0 Å². The molecule has 0 fully saturated rings. The Morgan fingerprint density at radius 1 is 0.636 bits per heavy atom. The first-order valence-corrected chi connectivity index (χ1v) is 8.32. The van der Waals surface area contributed by atoms with Crippen molar-refractivity contribution in [2.75, 3.05) is 13.1 Å². The number of hydrogen-bond acceptors (Lipinski definition) is 1. The van der Waals surface area contributed by atoms with Gasteiger partial charge in [0.25, 0.3) is 0 Å². The number of hydrogen-bond donors (Lipinski definition) is 0. The van der Waals surface area contributed by atoms with Gasteiger partial charge in [0.1, 0.15) is 11.4 Å². The van der Waals surface area contributed by atoms with E-state index in [1.807, 2.05) is 0 Å². The predicted octanol–water partition coefficient (Wildman–Crippen LogP) is 5.75. The molecule has 1 N–H and O–H groups in total. The third-order valence-electron chi connectivity index (χ3n) is 4.29. The average Bonchev–Trinajstić information content (AvgIpc) is 2.57. The van der Waals surface area contributed by atoms with Crippen molar-refractivity contribution in [3.63, 3.8) is 0 Å². The summed E-state index contributed by atoms with van der Waals surface area (Å²) in [7, 11) is 0. The molecule has 120 valence electrons. The molecule has 0 aliphatic carbocycles. The molecule has 0 spiro atoms. The highest BCUT2D eigenvalue weighted by molar-refractivity contribution is 5.58. The van der Waals surface area contributed by atoms with Gasteiger partial charge in [-0.1, -0.05) is 63.1 Å². The second-order valence-corrected chi connectivity index (χ2v) is 5.79. The summed E-state index contributed by atoms with van der Waals surface area (Å²) in [6.07, 6.45) is 5.00. The van der Waals surface area contributed by atoms with E-state index in [1.54, 1.807) is 0 Å². The second-order valence-electron chi connectivity index (χ2n) is 5.79. The molecule has 0 saturated carbocycles. The molecular formula is C20H29NO. The third kappa shape index (κ3) is 4.19. The Bertz CT molecular complexity index is 460. The molecule has 2 aromatic rings. The maximum absolute atomic E-state index is 2.29. The van der Waals surface area contributed by atoms with Crippen LogP contribution < -0.4 is 4.48 Å². The number of unbranched alkanes of at least 4 members (excludes halogenated alkanes) is 2. The van der Waals surface area contributed by atoms with Crippen LogP contribution in [0.5, 0.6) is 0 Å². The molecule has 2 rings (SSSR count). The van der Waals surface area contributed by atoms with Crippen LogP contribution in [0.25, 0.3) is 0 Å². The topological polar surface area (TPSA) is 30.0 Å². The van der Waals surface area contributed by atoms with Crippen LogP contribution in [0, 0.1) is 0 Å². The Hall–Kier alpha value is -1.64. The van der Waals surface area contributed by atoms with Gasteiger partial charge in [0.2, 0.25) is 0 Å². The number of nitrogens with zero attached hydrogens (tertiary/aromatic N) is 1. The highest BCUT2D eigenvalue weighted by Gasteiger charge is 2.31. The van der Waals surface area contributed by atoms with Crippen LogP contribution in [0.3, 0.4) is 0 Å². The zero-order valence-corrected chi connectivity index (χ0v) is 13.9. The first kappa shape index (κ1) is 18.4. The van der Waals surface area contributed by atoms with E-state index in [4.69, 9.17) is 0 Å². The monoisotopic (exact) mass is 299 g/mol. The third-order valence-corrected chi connectivity index (χ3v) is 4.29. The van der Waals surface area contributed by atoms with Gasteiger partial charge in [0, 0.05) is 0 Å². The second kappa shape index (κ2) is 9.39. The maximum atomic E-state index is 2.29. The molecule has 0 amide bonds. The minimum atomic E-state index is 0. The van der Waals surface area contributed by atoms with E-state index in [1.165, 1.54) is 50.1 Å². The zero-order valence-electron chi connectivity index (χ0n) is 13.9. The van der Waals surface area contributed by atoms with Gasteiger partial charge >= 0.3 is 0 Å². The number of rotatable bonds is 8. The van der Waals surface area contributed by atoms with Crippen molar-refractivity contribution < 1.29 is 5.48 Å². The molecule has 0 unspecified atom stereocenters. The summed E-state index contributed by atoms with van der Waals surface area (Å²) >= 11 is 0. The van der Waals surface area contributed by atoms with Gasteiger partial charge < -0.3 is 5.48 Å². The van der Waals surface area contributed by atoms with Gasteiger partial charge in [0.15, 0.2) is 0 Å². The number of para-hydroxylation sites is 2. The van der Waals surface area contributed by atoms with Crippen molar-refractivity contribution in [3.05, 3.63) is 60.7 Å². The summed E-state index contributed by atoms with van der Waals surface area (Å²) in [5.41, 5.74) is 2.84. The lowest BCUT2D eigenvalue weighted by Crippen LogP contribution is -2.45. The minimum Gasteiger partial charge on any atom is -0.870 e. The normalized spacial score (nSPS) is 11.0. The molecule has 0 aliphatic heterocycles. The molecule has 22 heavy (non-hydrogen) atoms. The Morgan fingerprint density at radius 2 is 1.00 bits per heavy atom. The average molecular weight is 299 g/mol. The molecule has 0 aromatic heterocycles. The fourth-order valence-electron chi connectivity index (χ4n) is 3.06. The van der Waals surface area contributed by atoms with Crippen LogP contribution in [-0.4, -0.2) is 18.6 Å². The standard InChI is InChI=1S/C20H28N.H2O/c1-3-5-17-21(18-6-4-2,19-13-9-7-10-14-19)20-15-11-8-12-16-20;/h7-16H,3-6,17-18H2,1-2H3;1H2/q+1;/p-1. The Labute approximate surface area is 135 Å². The molecule has 2 nitrogen and oxygen atoms in total.